The molecule has 2 aliphatic heterocycles. The Morgan fingerprint density at radius 2 is 1.64 bits per heavy atom. The average Bonchev–Trinajstić information content (AvgIpc) is 3.59. The van der Waals surface area contributed by atoms with Crippen LogP contribution in [0.2, 0.25) is 0 Å². The number of ether oxygens (including phenoxy) is 1. The minimum Gasteiger partial charge on any atom is -0.497 e. The molecule has 3 N–H and O–H groups in total. The number of carbonyl (C=O) groups is 3. The quantitative estimate of drug-likeness (QED) is 0.246. The second-order valence-electron chi connectivity index (χ2n) is 11.3. The highest BCUT2D eigenvalue weighted by Crippen LogP contribution is 2.46. The maximum absolute atomic E-state index is 14.2. The molecule has 3 heterocycles. The Balaban J connectivity index is 1.19. The van der Waals surface area contributed by atoms with E-state index in [1.165, 1.54) is 0 Å². The predicted molar refractivity (Wildman–Crippen MR) is 167 cm³/mol. The Morgan fingerprint density at radius 3 is 2.43 bits per heavy atom. The first-order valence-electron chi connectivity index (χ1n) is 14.8. The van der Waals surface area contributed by atoms with Gasteiger partial charge in [-0.1, -0.05) is 78.9 Å². The van der Waals surface area contributed by atoms with Crippen molar-refractivity contribution in [2.75, 3.05) is 7.11 Å². The number of para-hydroxylation sites is 1. The van der Waals surface area contributed by atoms with Crippen molar-refractivity contribution in [3.05, 3.63) is 137 Å². The van der Waals surface area contributed by atoms with Gasteiger partial charge in [-0.3, -0.25) is 14.4 Å². The van der Waals surface area contributed by atoms with Crippen molar-refractivity contribution in [1.82, 2.24) is 20.5 Å². The average molecular weight is 585 g/mol. The molecule has 5 aromatic rings. The summed E-state index contributed by atoms with van der Waals surface area (Å²) in [6.07, 6.45) is 0.649. The van der Waals surface area contributed by atoms with E-state index < -0.39 is 18.1 Å². The molecule has 0 aliphatic carbocycles. The van der Waals surface area contributed by atoms with Crippen molar-refractivity contribution < 1.29 is 19.1 Å². The van der Waals surface area contributed by atoms with Crippen LogP contribution in [0.25, 0.3) is 10.9 Å². The van der Waals surface area contributed by atoms with Gasteiger partial charge in [0.1, 0.15) is 17.8 Å². The van der Waals surface area contributed by atoms with Crippen LogP contribution in [0.4, 0.5) is 0 Å². The minimum absolute atomic E-state index is 0.182. The fraction of sp³-hybridized carbons (Fsp3) is 0.194. The number of methoxy groups -OCH3 is 1. The predicted octanol–water partition coefficient (Wildman–Crippen LogP) is 4.69. The summed E-state index contributed by atoms with van der Waals surface area (Å²) < 4.78 is 5.23. The fourth-order valence-corrected chi connectivity index (χ4v) is 6.52. The van der Waals surface area contributed by atoms with Gasteiger partial charge < -0.3 is 25.3 Å². The zero-order chi connectivity index (χ0) is 30.2. The highest BCUT2D eigenvalue weighted by atomic mass is 16.5. The van der Waals surface area contributed by atoms with Crippen LogP contribution in [-0.4, -0.2) is 46.8 Å². The summed E-state index contributed by atoms with van der Waals surface area (Å²) >= 11 is 0. The Labute approximate surface area is 255 Å². The molecule has 0 saturated heterocycles. The van der Waals surface area contributed by atoms with Gasteiger partial charge in [0, 0.05) is 41.5 Å². The number of nitrogens with one attached hydrogen (secondary N) is 3. The lowest BCUT2D eigenvalue weighted by molar-refractivity contribution is -0.132. The second kappa shape index (κ2) is 11.4. The number of carbonyl (C=O) groups excluding carboxylic acids is 3. The molecule has 0 spiro atoms. The highest BCUT2D eigenvalue weighted by molar-refractivity contribution is 6.04. The zero-order valence-corrected chi connectivity index (χ0v) is 24.2. The largest absolute Gasteiger partial charge is 0.497 e. The van der Waals surface area contributed by atoms with Crippen molar-refractivity contribution in [2.45, 2.75) is 37.5 Å². The van der Waals surface area contributed by atoms with Crippen LogP contribution in [0.3, 0.4) is 0 Å². The van der Waals surface area contributed by atoms with Crippen LogP contribution in [0.1, 0.15) is 44.3 Å². The van der Waals surface area contributed by atoms with Gasteiger partial charge in [0.25, 0.3) is 5.91 Å². The minimum atomic E-state index is -0.842. The van der Waals surface area contributed by atoms with Crippen LogP contribution >= 0.6 is 0 Å². The van der Waals surface area contributed by atoms with Crippen molar-refractivity contribution in [1.29, 1.82) is 0 Å². The first-order chi connectivity index (χ1) is 21.5. The second-order valence-corrected chi connectivity index (χ2v) is 11.3. The molecule has 3 amide bonds. The van der Waals surface area contributed by atoms with Gasteiger partial charge in [0.2, 0.25) is 11.8 Å². The Kier molecular flexibility index (Phi) is 7.10. The van der Waals surface area contributed by atoms with Crippen molar-refractivity contribution in [2.24, 2.45) is 0 Å². The van der Waals surface area contributed by atoms with Gasteiger partial charge in [-0.2, -0.15) is 0 Å². The number of aromatic nitrogens is 1. The molecule has 0 bridgehead atoms. The normalized spacial score (nSPS) is 17.4. The number of benzene rings is 4. The van der Waals surface area contributed by atoms with E-state index in [0.717, 1.165) is 44.6 Å². The van der Waals surface area contributed by atoms with Crippen LogP contribution in [0.15, 0.2) is 103 Å². The lowest BCUT2D eigenvalue weighted by atomic mass is 9.89. The molecule has 220 valence electrons. The highest BCUT2D eigenvalue weighted by Gasteiger charge is 2.49. The first kappa shape index (κ1) is 27.5. The molecule has 3 unspecified atom stereocenters. The van der Waals surface area contributed by atoms with Crippen LogP contribution in [-0.2, 0) is 29.0 Å². The zero-order valence-electron chi connectivity index (χ0n) is 24.2. The fourth-order valence-electron chi connectivity index (χ4n) is 6.52. The molecule has 0 fully saturated rings. The monoisotopic (exact) mass is 584 g/mol. The number of rotatable bonds is 8. The topological polar surface area (TPSA) is 104 Å². The van der Waals surface area contributed by atoms with Crippen molar-refractivity contribution >= 4 is 28.6 Å². The molecular formula is C36H32N4O4. The molecule has 1 aromatic heterocycles. The standard InChI is InChI=1S/C36H32N4O4/c1-44-24-17-15-23(16-18-24)21-37-34(41)30(19-22-9-3-2-4-10-22)39-35(42)31-20-28-25-11-7-8-14-29(25)38-32(28)33-26-12-5-6-13-27(26)36(43)40(31)33/h2-18,30-31,33,38H,19-21H2,1H3,(H,37,41)(H,39,42). The molecule has 2 aliphatic rings. The van der Waals surface area contributed by atoms with Gasteiger partial charge in [0.05, 0.1) is 13.2 Å². The van der Waals surface area contributed by atoms with Gasteiger partial charge in [-0.25, -0.2) is 0 Å². The van der Waals surface area contributed by atoms with E-state index >= 15 is 0 Å². The summed E-state index contributed by atoms with van der Waals surface area (Å²) in [5.74, 6) is -0.0995. The number of aromatic amines is 1. The van der Waals surface area contributed by atoms with Crippen LogP contribution in [0.5, 0.6) is 5.75 Å². The number of amides is 3. The van der Waals surface area contributed by atoms with Crippen LogP contribution < -0.4 is 15.4 Å². The molecule has 4 aromatic carbocycles. The number of H-pyrrole nitrogens is 1. The number of hydrogen-bond donors (Lipinski definition) is 3. The lowest BCUT2D eigenvalue weighted by Crippen LogP contribution is -2.57. The molecule has 7 rings (SSSR count). The first-order valence-corrected chi connectivity index (χ1v) is 14.8. The van der Waals surface area contributed by atoms with Crippen LogP contribution in [0, 0.1) is 0 Å². The Bertz CT molecular complexity index is 1860. The molecule has 44 heavy (non-hydrogen) atoms. The molecule has 8 heteroatoms. The summed E-state index contributed by atoms with van der Waals surface area (Å²) in [7, 11) is 1.61. The Hall–Kier alpha value is -5.37. The van der Waals surface area contributed by atoms with Crippen molar-refractivity contribution in [3.8, 4) is 5.75 Å². The number of fused-ring (bicyclic) bond motifs is 7. The third kappa shape index (κ3) is 4.88. The SMILES string of the molecule is COc1ccc(CNC(=O)C(Cc2ccccc2)NC(=O)C2Cc3c([nH]c4ccccc34)C3c4ccccc4C(=O)N23)cc1. The van der Waals surface area contributed by atoms with Gasteiger partial charge >= 0.3 is 0 Å². The molecule has 8 nitrogen and oxygen atoms in total. The third-order valence-corrected chi connectivity index (χ3v) is 8.70. The smallest absolute Gasteiger partial charge is 0.255 e. The van der Waals surface area contributed by atoms with Gasteiger partial charge in [-0.05, 0) is 46.5 Å². The van der Waals surface area contributed by atoms with Crippen molar-refractivity contribution in [3.63, 3.8) is 0 Å². The van der Waals surface area contributed by atoms with E-state index in [1.807, 2.05) is 103 Å². The van der Waals surface area contributed by atoms with E-state index in [-0.39, 0.29) is 17.7 Å². The summed E-state index contributed by atoms with van der Waals surface area (Å²) in [6, 6.07) is 30.6. The number of nitrogens with zero attached hydrogens (tertiary/aromatic N) is 1. The summed E-state index contributed by atoms with van der Waals surface area (Å²) in [5.41, 5.74) is 6.23. The summed E-state index contributed by atoms with van der Waals surface area (Å²) in [4.78, 5) is 46.9. The van der Waals surface area contributed by atoms with E-state index in [0.29, 0.717) is 24.9 Å². The molecule has 3 atom stereocenters. The van der Waals surface area contributed by atoms with E-state index in [9.17, 15) is 14.4 Å². The molecular weight excluding hydrogens is 552 g/mol. The van der Waals surface area contributed by atoms with E-state index in [2.05, 4.69) is 15.6 Å². The maximum Gasteiger partial charge on any atom is 0.255 e. The van der Waals surface area contributed by atoms with E-state index in [4.69, 9.17) is 4.74 Å². The summed E-state index contributed by atoms with van der Waals surface area (Å²) in [6.45, 7) is 0.300. The molecule has 0 radical (unpaired) electrons. The Morgan fingerprint density at radius 1 is 0.909 bits per heavy atom. The van der Waals surface area contributed by atoms with E-state index in [1.54, 1.807) is 12.0 Å². The van der Waals surface area contributed by atoms with Gasteiger partial charge in [0.15, 0.2) is 0 Å². The maximum atomic E-state index is 14.2. The molecule has 0 saturated carbocycles. The van der Waals surface area contributed by atoms with Gasteiger partial charge in [-0.15, -0.1) is 0 Å². The number of hydrogen-bond acceptors (Lipinski definition) is 4. The third-order valence-electron chi connectivity index (χ3n) is 8.70. The lowest BCUT2D eigenvalue weighted by Gasteiger charge is -2.37. The summed E-state index contributed by atoms with van der Waals surface area (Å²) in [5, 5.41) is 7.07.